The first-order chi connectivity index (χ1) is 28.5. The molecule has 13 nitrogen and oxygen atoms in total. The predicted octanol–water partition coefficient (Wildman–Crippen LogP) is 6.27. The zero-order valence-electron chi connectivity index (χ0n) is 35.0. The van der Waals surface area contributed by atoms with Crippen LogP contribution in [0.4, 0.5) is 9.18 Å². The van der Waals surface area contributed by atoms with Crippen molar-refractivity contribution in [3.8, 4) is 0 Å². The smallest absolute Gasteiger partial charge is 0.404 e. The zero-order valence-corrected chi connectivity index (χ0v) is 35.8. The third-order valence-electron chi connectivity index (χ3n) is 11.2. The second kappa shape index (κ2) is 22.4. The van der Waals surface area contributed by atoms with Crippen molar-refractivity contribution < 1.29 is 46.2 Å². The lowest BCUT2D eigenvalue weighted by Crippen LogP contribution is -2.43. The van der Waals surface area contributed by atoms with Crippen molar-refractivity contribution >= 4 is 57.1 Å². The van der Waals surface area contributed by atoms with E-state index in [2.05, 4.69) is 11.3 Å². The summed E-state index contributed by atoms with van der Waals surface area (Å²) in [4.78, 5) is 47.6. The summed E-state index contributed by atoms with van der Waals surface area (Å²) >= 11 is 0. The van der Waals surface area contributed by atoms with Gasteiger partial charge in [0.05, 0.1) is 5.25 Å². The first-order valence-electron chi connectivity index (χ1n) is 20.9. The lowest BCUT2D eigenvalue weighted by molar-refractivity contribution is -0.137. The van der Waals surface area contributed by atoms with E-state index in [1.807, 2.05) is 44.2 Å². The van der Waals surface area contributed by atoms with Crippen LogP contribution >= 0.6 is 0 Å². The van der Waals surface area contributed by atoms with Crippen LogP contribution in [0.15, 0.2) is 59.0 Å². The van der Waals surface area contributed by atoms with Gasteiger partial charge in [-0.1, -0.05) is 69.7 Å². The molecule has 3 fully saturated rings. The van der Waals surface area contributed by atoms with Crippen molar-refractivity contribution in [2.24, 2.45) is 23.3 Å². The largest absolute Gasteiger partial charge is 0.504 e. The minimum atomic E-state index is -3.50. The van der Waals surface area contributed by atoms with Gasteiger partial charge in [0.15, 0.2) is 11.2 Å². The van der Waals surface area contributed by atoms with Gasteiger partial charge in [-0.2, -0.15) is 0 Å². The number of unbranched alkanes of at least 4 members (excludes halogenated alkanes) is 4. The molecule has 2 saturated carbocycles. The Bertz CT molecular complexity index is 2210. The summed E-state index contributed by atoms with van der Waals surface area (Å²) in [6.45, 7) is 10.1. The highest BCUT2D eigenvalue weighted by atomic mass is 32.2. The number of hydrogen-bond donors (Lipinski definition) is 4. The molecule has 0 radical (unpaired) electrons. The first-order valence-corrected chi connectivity index (χ1v) is 22.5. The molecular formula is C45H61FN4O9S. The number of likely N-dealkylation sites (tertiary alicyclic amines) is 1. The summed E-state index contributed by atoms with van der Waals surface area (Å²) in [5.41, 5.74) is 12.6. The van der Waals surface area contributed by atoms with Crippen LogP contribution in [0, 0.1) is 24.6 Å². The number of fused-ring (bicyclic) bond motifs is 1. The van der Waals surface area contributed by atoms with E-state index in [-0.39, 0.29) is 34.9 Å². The third kappa shape index (κ3) is 14.0. The standard InChI is InChI=1S/C22H37N3O5S.C17H13FO2.C6H11NO2/c1-16(17(2)22(28)24-31(29,30)18-13-14-18)10-7-5-3-4-6-8-12-20(26)25-15-9-11-19(25)21(23)27;1-10-5-3-4-6-13(10)16(19)17-11(2)14-9-12(18)7-8-15(14)20-17;7-6(8)9-5-3-1-2-4-5/h7,10,16-19H,3-6,8-9,11-15H2,1-2H3,(H2,23,27)(H,24,28);3-9,19H,2H2,1H3;5H,1-4H2,(H2,7,8)/b10-7-;17-16-;. The number of nitrogens with one attached hydrogen (secondary N) is 1. The Morgan fingerprint density at radius 2 is 1.68 bits per heavy atom. The number of aliphatic hydroxyl groups excluding tert-OH is 1. The summed E-state index contributed by atoms with van der Waals surface area (Å²) in [6.07, 6.45) is 15.6. The molecule has 1 aromatic heterocycles. The minimum absolute atomic E-state index is 0.0182. The van der Waals surface area contributed by atoms with E-state index in [9.17, 15) is 37.1 Å². The molecule has 4 amide bonds. The average molecular weight is 853 g/mol. The number of allylic oxidation sites excluding steroid dienone is 2. The number of furan rings is 1. The van der Waals surface area contributed by atoms with Gasteiger partial charge in [0.25, 0.3) is 0 Å². The topological polar surface area (TPSA) is 212 Å². The highest BCUT2D eigenvalue weighted by Gasteiger charge is 2.38. The average Bonchev–Trinajstić information content (AvgIpc) is 3.58. The van der Waals surface area contributed by atoms with Crippen LogP contribution in [0.5, 0.6) is 0 Å². The van der Waals surface area contributed by atoms with Gasteiger partial charge in [-0.3, -0.25) is 19.1 Å². The Balaban J connectivity index is 0.000000231. The first kappa shape index (κ1) is 47.5. The van der Waals surface area contributed by atoms with Crippen LogP contribution in [0.1, 0.15) is 115 Å². The van der Waals surface area contributed by atoms with Gasteiger partial charge in [0.2, 0.25) is 27.7 Å². The van der Waals surface area contributed by atoms with E-state index in [0.29, 0.717) is 54.0 Å². The van der Waals surface area contributed by atoms with Gasteiger partial charge in [-0.25, -0.2) is 17.6 Å². The lowest BCUT2D eigenvalue weighted by atomic mass is 9.94. The molecule has 15 heteroatoms. The van der Waals surface area contributed by atoms with Crippen molar-refractivity contribution in [1.29, 1.82) is 0 Å². The molecule has 3 aliphatic rings. The van der Waals surface area contributed by atoms with Crippen molar-refractivity contribution in [2.45, 2.75) is 128 Å². The molecule has 2 heterocycles. The highest BCUT2D eigenvalue weighted by Crippen LogP contribution is 2.28. The molecule has 0 bridgehead atoms. The number of nitrogens with zero attached hydrogens (tertiary/aromatic N) is 1. The van der Waals surface area contributed by atoms with E-state index < -0.39 is 45.1 Å². The Kier molecular flexibility index (Phi) is 17.8. The number of aryl methyl sites for hydroxylation is 1. The fourth-order valence-electron chi connectivity index (χ4n) is 7.25. The van der Waals surface area contributed by atoms with Gasteiger partial charge in [0.1, 0.15) is 23.5 Å². The summed E-state index contributed by atoms with van der Waals surface area (Å²) in [5.74, 6) is -1.63. The number of hydrogen-bond acceptors (Lipinski definition) is 9. The third-order valence-corrected chi connectivity index (χ3v) is 13.0. The number of rotatable bonds is 15. The maximum atomic E-state index is 13.3. The van der Waals surface area contributed by atoms with Crippen LogP contribution < -0.4 is 26.8 Å². The fraction of sp³-hybridized carbons (Fsp3) is 0.511. The number of aliphatic hydroxyl groups is 1. The summed E-state index contributed by atoms with van der Waals surface area (Å²) in [7, 11) is -3.50. The molecule has 6 rings (SSSR count). The Labute approximate surface area is 352 Å². The minimum Gasteiger partial charge on any atom is -0.504 e. The van der Waals surface area contributed by atoms with Crippen molar-refractivity contribution in [3.05, 3.63) is 82.2 Å². The molecule has 2 aliphatic carbocycles. The fourth-order valence-corrected chi connectivity index (χ4v) is 8.64. The molecule has 3 aromatic rings. The normalized spacial score (nSPS) is 18.2. The van der Waals surface area contributed by atoms with Gasteiger partial charge in [-0.05, 0) is 107 Å². The number of ether oxygens (including phenoxy) is 1. The van der Waals surface area contributed by atoms with Gasteiger partial charge in [0, 0.05) is 35.1 Å². The molecule has 328 valence electrons. The molecule has 0 spiro atoms. The maximum Gasteiger partial charge on any atom is 0.404 e. The zero-order chi connectivity index (χ0) is 44.0. The van der Waals surface area contributed by atoms with E-state index in [4.69, 9.17) is 20.6 Å². The number of primary amides is 2. The number of amides is 4. The molecular weight excluding hydrogens is 792 g/mol. The maximum absolute atomic E-state index is 13.3. The van der Waals surface area contributed by atoms with Crippen LogP contribution in [-0.4, -0.2) is 66.2 Å². The monoisotopic (exact) mass is 852 g/mol. The highest BCUT2D eigenvalue weighted by molar-refractivity contribution is 7.90. The number of halogens is 1. The Morgan fingerprint density at radius 3 is 2.33 bits per heavy atom. The van der Waals surface area contributed by atoms with Crippen LogP contribution in [-0.2, 0) is 29.1 Å². The molecule has 1 aliphatic heterocycles. The van der Waals surface area contributed by atoms with E-state index in [1.165, 1.54) is 18.2 Å². The molecule has 60 heavy (non-hydrogen) atoms. The summed E-state index contributed by atoms with van der Waals surface area (Å²) in [5, 5.41) is 11.1. The van der Waals surface area contributed by atoms with Crippen LogP contribution in [0.2, 0.25) is 0 Å². The molecule has 6 N–H and O–H groups in total. The van der Waals surface area contributed by atoms with Crippen molar-refractivity contribution in [2.75, 3.05) is 6.54 Å². The Morgan fingerprint density at radius 1 is 1.00 bits per heavy atom. The van der Waals surface area contributed by atoms with Crippen LogP contribution in [0.25, 0.3) is 23.3 Å². The SMILES string of the molecule is C=c1/c(=C(/O)c2ccccc2C)oc2ccc(F)cc12.CC(/C=C\CCCCCCC(=O)N1CCCC1C(N)=O)C(C)C(=O)NS(=O)(=O)C1CC1.NC(=O)OC1CCCC1. The number of carbonyl (C=O) groups is 4. The number of benzene rings is 2. The molecule has 1 saturated heterocycles. The summed E-state index contributed by atoms with van der Waals surface area (Å²) < 4.78 is 49.6. The second-order valence-electron chi connectivity index (χ2n) is 15.9. The summed E-state index contributed by atoms with van der Waals surface area (Å²) in [6, 6.07) is 11.2. The number of nitrogens with two attached hydrogens (primary N) is 2. The van der Waals surface area contributed by atoms with E-state index >= 15 is 0 Å². The van der Waals surface area contributed by atoms with Crippen molar-refractivity contribution in [1.82, 2.24) is 9.62 Å². The Hall–Kier alpha value is -5.18. The predicted molar refractivity (Wildman–Crippen MR) is 229 cm³/mol. The van der Waals surface area contributed by atoms with Crippen molar-refractivity contribution in [3.63, 3.8) is 0 Å². The van der Waals surface area contributed by atoms with Gasteiger partial charge >= 0.3 is 6.09 Å². The molecule has 3 unspecified atom stereocenters. The lowest BCUT2D eigenvalue weighted by Gasteiger charge is -2.22. The van der Waals surface area contributed by atoms with Gasteiger partial charge < -0.3 is 30.6 Å². The van der Waals surface area contributed by atoms with E-state index in [0.717, 1.165) is 69.8 Å². The van der Waals surface area contributed by atoms with E-state index in [1.54, 1.807) is 17.9 Å². The van der Waals surface area contributed by atoms with Gasteiger partial charge in [-0.15, -0.1) is 0 Å². The second-order valence-corrected chi connectivity index (χ2v) is 17.9. The number of sulfonamides is 1. The molecule has 2 aromatic carbocycles. The quantitative estimate of drug-likeness (QED) is 0.100. The number of carbonyl (C=O) groups excluding carboxylic acids is 4. The molecule has 3 atom stereocenters. The van der Waals surface area contributed by atoms with Crippen LogP contribution in [0.3, 0.4) is 0 Å².